The number of carboxylic acid groups (broad SMARTS) is 1. The zero-order valence-corrected chi connectivity index (χ0v) is 20.4. The highest BCUT2D eigenvalue weighted by molar-refractivity contribution is 5.81. The fourth-order valence-corrected chi connectivity index (χ4v) is 5.57. The fourth-order valence-electron chi connectivity index (χ4n) is 5.57. The predicted octanol–water partition coefficient (Wildman–Crippen LogP) is 3.07. The van der Waals surface area contributed by atoms with Gasteiger partial charge < -0.3 is 29.8 Å². The first-order valence-electron chi connectivity index (χ1n) is 12.4. The molecule has 0 saturated carbocycles. The summed E-state index contributed by atoms with van der Waals surface area (Å²) in [5.74, 6) is -0.856. The molecule has 11 heteroatoms. The molecule has 1 fully saturated rings. The number of aromatic nitrogens is 4. The monoisotopic (exact) mass is 514 g/mol. The van der Waals surface area contributed by atoms with Crippen molar-refractivity contribution in [1.29, 1.82) is 0 Å². The lowest BCUT2D eigenvalue weighted by atomic mass is 9.98. The SMILES string of the molecule is Nc1ncnc2c1ncn2[C@H]1C[C@@H](COCC(=O)O)N(C(=O)OCC2c3ccccc3-c3ccccc32)C1. The number of carboxylic acids is 1. The number of amides is 1. The van der Waals surface area contributed by atoms with Crippen LogP contribution in [0.1, 0.15) is 29.5 Å². The van der Waals surface area contributed by atoms with E-state index in [1.54, 1.807) is 11.2 Å². The second kappa shape index (κ2) is 9.75. The Morgan fingerprint density at radius 2 is 1.71 bits per heavy atom. The minimum absolute atomic E-state index is 0.0660. The van der Waals surface area contributed by atoms with Crippen molar-refractivity contribution in [2.75, 3.05) is 32.1 Å². The van der Waals surface area contributed by atoms with Crippen molar-refractivity contribution in [3.05, 3.63) is 72.3 Å². The van der Waals surface area contributed by atoms with Gasteiger partial charge in [0.05, 0.1) is 25.0 Å². The molecule has 4 aromatic rings. The first-order valence-corrected chi connectivity index (χ1v) is 12.4. The van der Waals surface area contributed by atoms with Crippen LogP contribution in [-0.2, 0) is 14.3 Å². The van der Waals surface area contributed by atoms with E-state index >= 15 is 0 Å². The van der Waals surface area contributed by atoms with E-state index in [2.05, 4.69) is 39.2 Å². The van der Waals surface area contributed by atoms with E-state index in [-0.39, 0.29) is 37.0 Å². The maximum Gasteiger partial charge on any atom is 0.410 e. The number of hydrogen-bond acceptors (Lipinski definition) is 8. The molecule has 0 radical (unpaired) electrons. The smallest absolute Gasteiger partial charge is 0.410 e. The topological polar surface area (TPSA) is 146 Å². The van der Waals surface area contributed by atoms with Crippen LogP contribution in [0, 0.1) is 0 Å². The van der Waals surface area contributed by atoms with Crippen molar-refractivity contribution >= 4 is 29.0 Å². The van der Waals surface area contributed by atoms with Crippen LogP contribution < -0.4 is 5.73 Å². The summed E-state index contributed by atoms with van der Waals surface area (Å²) in [5, 5.41) is 9.01. The highest BCUT2D eigenvalue weighted by Crippen LogP contribution is 2.44. The van der Waals surface area contributed by atoms with Gasteiger partial charge in [0.2, 0.25) is 0 Å². The maximum absolute atomic E-state index is 13.4. The van der Waals surface area contributed by atoms with Crippen molar-refractivity contribution in [2.45, 2.75) is 24.4 Å². The van der Waals surface area contributed by atoms with Crippen molar-refractivity contribution in [1.82, 2.24) is 24.4 Å². The average Bonchev–Trinajstić information content (AvgIpc) is 3.62. The summed E-state index contributed by atoms with van der Waals surface area (Å²) in [4.78, 5) is 38.7. The molecule has 194 valence electrons. The normalized spacial score (nSPS) is 18.5. The summed E-state index contributed by atoms with van der Waals surface area (Å²) in [6.45, 7) is 0.135. The zero-order chi connectivity index (χ0) is 26.2. The van der Waals surface area contributed by atoms with Gasteiger partial charge in [0, 0.05) is 12.5 Å². The second-order valence-electron chi connectivity index (χ2n) is 9.49. The first kappa shape index (κ1) is 23.9. The summed E-state index contributed by atoms with van der Waals surface area (Å²) < 4.78 is 13.2. The number of carbonyl (C=O) groups is 2. The molecule has 0 unspecified atom stereocenters. The lowest BCUT2D eigenvalue weighted by molar-refractivity contribution is -0.142. The Morgan fingerprint density at radius 3 is 2.42 bits per heavy atom. The molecular weight excluding hydrogens is 488 g/mol. The van der Waals surface area contributed by atoms with Crippen LogP contribution in [0.2, 0.25) is 0 Å². The van der Waals surface area contributed by atoms with Crippen LogP contribution in [0.25, 0.3) is 22.3 Å². The Labute approximate surface area is 217 Å². The zero-order valence-electron chi connectivity index (χ0n) is 20.4. The Kier molecular flexibility index (Phi) is 6.12. The van der Waals surface area contributed by atoms with Gasteiger partial charge >= 0.3 is 12.1 Å². The summed E-state index contributed by atoms with van der Waals surface area (Å²) in [6, 6.07) is 15.8. The van der Waals surface area contributed by atoms with Crippen LogP contribution in [0.15, 0.2) is 61.2 Å². The number of imidazole rings is 1. The molecule has 6 rings (SSSR count). The lowest BCUT2D eigenvalue weighted by Crippen LogP contribution is -2.39. The highest BCUT2D eigenvalue weighted by atomic mass is 16.6. The largest absolute Gasteiger partial charge is 0.480 e. The molecular formula is C27H26N6O5. The third kappa shape index (κ3) is 4.20. The number of carbonyl (C=O) groups excluding carboxylic acids is 1. The number of likely N-dealkylation sites (tertiary alicyclic amines) is 1. The van der Waals surface area contributed by atoms with Crippen molar-refractivity contribution in [3.8, 4) is 11.1 Å². The van der Waals surface area contributed by atoms with E-state index in [0.29, 0.717) is 24.1 Å². The minimum atomic E-state index is -1.07. The van der Waals surface area contributed by atoms with Gasteiger partial charge in [0.15, 0.2) is 11.5 Å². The van der Waals surface area contributed by atoms with E-state index < -0.39 is 18.7 Å². The summed E-state index contributed by atoms with van der Waals surface area (Å²) in [6.07, 6.45) is 3.05. The molecule has 2 aromatic heterocycles. The third-order valence-electron chi connectivity index (χ3n) is 7.28. The summed E-state index contributed by atoms with van der Waals surface area (Å²) in [7, 11) is 0. The van der Waals surface area contributed by atoms with E-state index in [0.717, 1.165) is 22.3 Å². The number of benzene rings is 2. The minimum Gasteiger partial charge on any atom is -0.480 e. The summed E-state index contributed by atoms with van der Waals surface area (Å²) in [5.41, 5.74) is 11.6. The molecule has 2 aromatic carbocycles. The Morgan fingerprint density at radius 1 is 1.00 bits per heavy atom. The van der Waals surface area contributed by atoms with E-state index in [9.17, 15) is 9.59 Å². The van der Waals surface area contributed by atoms with Gasteiger partial charge in [-0.05, 0) is 28.7 Å². The van der Waals surface area contributed by atoms with Crippen LogP contribution in [0.4, 0.5) is 10.6 Å². The number of nitrogen functional groups attached to an aromatic ring is 1. The van der Waals surface area contributed by atoms with Gasteiger partial charge in [-0.25, -0.2) is 24.5 Å². The lowest BCUT2D eigenvalue weighted by Gasteiger charge is -2.24. The predicted molar refractivity (Wildman–Crippen MR) is 137 cm³/mol. The molecule has 3 N–H and O–H groups in total. The molecule has 2 aliphatic rings. The van der Waals surface area contributed by atoms with Gasteiger partial charge in [0.1, 0.15) is 25.1 Å². The molecule has 1 amide bonds. The van der Waals surface area contributed by atoms with E-state index in [1.165, 1.54) is 6.33 Å². The second-order valence-corrected chi connectivity index (χ2v) is 9.49. The third-order valence-corrected chi connectivity index (χ3v) is 7.28. The van der Waals surface area contributed by atoms with Crippen LogP contribution >= 0.6 is 0 Å². The molecule has 11 nitrogen and oxygen atoms in total. The molecule has 1 aliphatic heterocycles. The van der Waals surface area contributed by atoms with Gasteiger partial charge in [-0.1, -0.05) is 48.5 Å². The number of aliphatic carboxylic acids is 1. The molecule has 2 atom stereocenters. The van der Waals surface area contributed by atoms with Crippen molar-refractivity contribution in [3.63, 3.8) is 0 Å². The van der Waals surface area contributed by atoms with E-state index in [1.807, 2.05) is 28.8 Å². The van der Waals surface area contributed by atoms with E-state index in [4.69, 9.17) is 20.3 Å². The fraction of sp³-hybridized carbons (Fsp3) is 0.296. The Bertz CT molecular complexity index is 1480. The standard InChI is InChI=1S/C27H26N6O5/c28-25-24-26(30-14-29-25)33(15-31-24)16-9-17(11-37-13-23(34)35)32(10-16)27(36)38-12-22-20-7-3-1-5-18(20)19-6-2-4-8-21(19)22/h1-8,14-17,22H,9-13H2,(H,34,35)(H2,28,29,30)/t16-,17-/m0/s1. The van der Waals surface area contributed by atoms with Gasteiger partial charge in [-0.15, -0.1) is 0 Å². The first-order chi connectivity index (χ1) is 18.5. The molecule has 0 spiro atoms. The highest BCUT2D eigenvalue weighted by Gasteiger charge is 2.39. The van der Waals surface area contributed by atoms with Crippen LogP contribution in [-0.4, -0.2) is 74.0 Å². The number of anilines is 1. The van der Waals surface area contributed by atoms with Gasteiger partial charge in [0.25, 0.3) is 0 Å². The number of hydrogen-bond donors (Lipinski definition) is 2. The van der Waals surface area contributed by atoms with Gasteiger partial charge in [-0.3, -0.25) is 0 Å². The molecule has 3 heterocycles. The molecule has 0 bridgehead atoms. The van der Waals surface area contributed by atoms with Crippen LogP contribution in [0.3, 0.4) is 0 Å². The van der Waals surface area contributed by atoms with Crippen molar-refractivity contribution < 1.29 is 24.2 Å². The summed E-state index contributed by atoms with van der Waals surface area (Å²) >= 11 is 0. The molecule has 38 heavy (non-hydrogen) atoms. The molecule has 1 aliphatic carbocycles. The quantitative estimate of drug-likeness (QED) is 0.380. The number of rotatable bonds is 7. The van der Waals surface area contributed by atoms with Crippen molar-refractivity contribution in [2.24, 2.45) is 0 Å². The number of fused-ring (bicyclic) bond motifs is 4. The maximum atomic E-state index is 13.4. The Hall–Kier alpha value is -4.51. The van der Waals surface area contributed by atoms with Gasteiger partial charge in [-0.2, -0.15) is 0 Å². The number of ether oxygens (including phenoxy) is 2. The number of nitrogens with zero attached hydrogens (tertiary/aromatic N) is 5. The Balaban J connectivity index is 1.22. The number of nitrogens with two attached hydrogens (primary N) is 1. The van der Waals surface area contributed by atoms with Crippen LogP contribution in [0.5, 0.6) is 0 Å². The molecule has 1 saturated heterocycles. The average molecular weight is 515 g/mol.